The average Bonchev–Trinajstić information content (AvgIpc) is 2.38. The van der Waals surface area contributed by atoms with E-state index < -0.39 is 192 Å². The summed E-state index contributed by atoms with van der Waals surface area (Å²) in [5.74, 6) is -16.3. The van der Waals surface area contributed by atoms with E-state index in [1.807, 2.05) is 6.26 Å². The Hall–Kier alpha value is -8.38. The molecule has 2 rings (SSSR count). The summed E-state index contributed by atoms with van der Waals surface area (Å²) in [6.07, 6.45) is 6.72. The van der Waals surface area contributed by atoms with E-state index in [-0.39, 0.29) is 25.0 Å². The van der Waals surface area contributed by atoms with Crippen LogP contribution in [0.5, 0.6) is 0 Å². The fourth-order valence-corrected chi connectivity index (χ4v) is 9.70. The number of primary amides is 1. The zero-order chi connectivity index (χ0) is 70.2. The molecule has 0 aliphatic rings. The van der Waals surface area contributed by atoms with E-state index in [1.54, 1.807) is 55.4 Å². The number of H-pyrrole nitrogens is 2. The van der Waals surface area contributed by atoms with Gasteiger partial charge in [-0.15, -0.1) is 0 Å². The van der Waals surface area contributed by atoms with Gasteiger partial charge in [0.25, 0.3) is 0 Å². The first-order valence-electron chi connectivity index (χ1n) is 30.3. The van der Waals surface area contributed by atoms with Crippen molar-refractivity contribution in [2.75, 3.05) is 30.9 Å². The summed E-state index contributed by atoms with van der Waals surface area (Å²) in [6, 6.07) is -15.5. The maximum Gasteiger partial charge on any atom is 0.326 e. The lowest BCUT2D eigenvalue weighted by atomic mass is 9.95. The van der Waals surface area contributed by atoms with Gasteiger partial charge in [0.2, 0.25) is 70.9 Å². The Balaban J connectivity index is 2.31. The standard InChI is InChI=1S/C57H94N18O16S2/c1-10-30(8)46(56(89)74-45(29(6)7)54(87)70-38(57(90)91)20-42(78)79)75-51(84)36(18-32-22-62-26-65-32)69-53(86)44(28(4)5)73-55(88)43(27(2)3)72-41(77)23-63-48(81)37(19-40(60)76)68-50(83)35(17-31-21-61-25-64-31)67-52(85)39(24-92)71-49(82)34(13-11-12-15-58)66-47(80)33(59)14-16-93-9/h21-22,25-30,33-39,43-46,92H,10-20,23-24,58-59H2,1-9H3,(H2,60,76)(H,61,64)(H,62,65)(H,63,81)(H,66,80)(H,67,85)(H,68,83)(H,69,86)(H,70,87)(H,71,82)(H,72,77)(H,73,88)(H,74,89)(H,75,84)(H,78,79)(H,90,91)/t30-,33-,34-,35-,36-,37-,38-,39-,43-,44-,45-,46-/m0/s1. The maximum atomic E-state index is 14.3. The molecule has 0 fully saturated rings. The van der Waals surface area contributed by atoms with Gasteiger partial charge in [0.05, 0.1) is 38.1 Å². The van der Waals surface area contributed by atoms with Crippen LogP contribution in [0, 0.1) is 23.7 Å². The SMILES string of the molecule is CC[C@H](C)[C@H](NC(=O)[C@H](Cc1cnc[nH]1)NC(=O)[C@@H](NC(=O)[C@@H](NC(=O)CNC(=O)[C@H](CC(N)=O)NC(=O)[C@H](Cc1cnc[nH]1)NC(=O)[C@H](CS)NC(=O)[C@H](CCCCN)NC(=O)[C@@H](N)CCSC)C(C)C)C(C)C)C(=O)N[C@H](C(=O)N[C@@H](CC(=O)O)C(=O)O)C(C)C. The molecule has 0 spiro atoms. The van der Waals surface area contributed by atoms with E-state index in [0.29, 0.717) is 49.4 Å². The summed E-state index contributed by atoms with van der Waals surface area (Å²) >= 11 is 5.74. The van der Waals surface area contributed by atoms with Crippen molar-refractivity contribution < 1.29 is 77.3 Å². The Morgan fingerprint density at radius 1 is 0.538 bits per heavy atom. The third-order valence-electron chi connectivity index (χ3n) is 14.6. The molecule has 0 saturated heterocycles. The minimum atomic E-state index is -1.82. The van der Waals surface area contributed by atoms with E-state index in [0.717, 1.165) is 0 Å². The second-order valence-electron chi connectivity index (χ2n) is 23.2. The lowest BCUT2D eigenvalue weighted by Crippen LogP contribution is -2.62. The molecule has 36 heteroatoms. The summed E-state index contributed by atoms with van der Waals surface area (Å²) in [5, 5.41) is 46.2. The van der Waals surface area contributed by atoms with Gasteiger partial charge in [-0.3, -0.25) is 62.3 Å². The smallest absolute Gasteiger partial charge is 0.326 e. The molecule has 12 amide bonds. The van der Waals surface area contributed by atoms with Crippen LogP contribution in [-0.2, 0) is 80.0 Å². The van der Waals surface area contributed by atoms with Gasteiger partial charge in [0.1, 0.15) is 60.4 Å². The van der Waals surface area contributed by atoms with E-state index in [1.165, 1.54) is 36.8 Å². The number of imidazole rings is 2. The molecule has 0 unspecified atom stereocenters. The van der Waals surface area contributed by atoms with Gasteiger partial charge in [-0.1, -0.05) is 61.8 Å². The number of nitrogens with two attached hydrogens (primary N) is 3. The highest BCUT2D eigenvalue weighted by atomic mass is 32.2. The first kappa shape index (κ1) is 80.7. The highest BCUT2D eigenvalue weighted by molar-refractivity contribution is 7.98. The molecule has 0 aromatic carbocycles. The molecule has 0 radical (unpaired) electrons. The number of hydrogen-bond acceptors (Lipinski definition) is 20. The van der Waals surface area contributed by atoms with Crippen LogP contribution in [0.2, 0.25) is 0 Å². The van der Waals surface area contributed by atoms with E-state index in [4.69, 9.17) is 17.2 Å². The summed E-state index contributed by atoms with van der Waals surface area (Å²) in [5.41, 5.74) is 17.9. The molecule has 0 bridgehead atoms. The monoisotopic (exact) mass is 1350 g/mol. The number of nitrogens with zero attached hydrogens (tertiary/aromatic N) is 2. The lowest BCUT2D eigenvalue weighted by molar-refractivity contribution is -0.147. The Bertz CT molecular complexity index is 2830. The zero-order valence-electron chi connectivity index (χ0n) is 53.8. The second kappa shape index (κ2) is 41.3. The van der Waals surface area contributed by atoms with Crippen molar-refractivity contribution in [2.45, 2.75) is 180 Å². The molecule has 93 heavy (non-hydrogen) atoms. The highest BCUT2D eigenvalue weighted by Gasteiger charge is 2.38. The number of thiol groups is 1. The molecule has 0 aliphatic heterocycles. The predicted molar refractivity (Wildman–Crippen MR) is 342 cm³/mol. The van der Waals surface area contributed by atoms with E-state index in [9.17, 15) is 77.3 Å². The van der Waals surface area contributed by atoms with Gasteiger partial charge in [0.15, 0.2) is 0 Å². The Labute approximate surface area is 548 Å². The number of rotatable bonds is 44. The number of aromatic amines is 2. The Morgan fingerprint density at radius 2 is 0.968 bits per heavy atom. The number of aliphatic carboxylic acids is 2. The average molecular weight is 1350 g/mol. The molecule has 12 atom stereocenters. The second-order valence-corrected chi connectivity index (χ2v) is 24.6. The van der Waals surface area contributed by atoms with Gasteiger partial charge in [-0.05, 0) is 67.9 Å². The van der Waals surface area contributed by atoms with Crippen molar-refractivity contribution in [1.29, 1.82) is 0 Å². The van der Waals surface area contributed by atoms with Crippen LogP contribution >= 0.6 is 24.4 Å². The number of carbonyl (C=O) groups is 14. The Kier molecular flexibility index (Phi) is 35.8. The fraction of sp³-hybridized carbons (Fsp3) is 0.649. The quantitative estimate of drug-likeness (QED) is 0.0219. The van der Waals surface area contributed by atoms with Gasteiger partial charge in [0, 0.05) is 42.4 Å². The number of carboxylic acid groups (broad SMARTS) is 2. The number of unbranched alkanes of at least 4 members (excludes halogenated alkanes) is 1. The number of carboxylic acids is 2. The molecular weight excluding hydrogens is 1260 g/mol. The van der Waals surface area contributed by atoms with Crippen LogP contribution in [0.4, 0.5) is 0 Å². The van der Waals surface area contributed by atoms with Crippen LogP contribution < -0.4 is 75.7 Å². The van der Waals surface area contributed by atoms with Crippen LogP contribution in [0.25, 0.3) is 0 Å². The molecule has 34 nitrogen and oxygen atoms in total. The normalized spacial score (nSPS) is 15.1. The molecule has 2 aromatic heterocycles. The number of amides is 12. The van der Waals surface area contributed by atoms with E-state index in [2.05, 4.69) is 91.0 Å². The van der Waals surface area contributed by atoms with E-state index >= 15 is 0 Å². The highest BCUT2D eigenvalue weighted by Crippen LogP contribution is 2.15. The van der Waals surface area contributed by atoms with Crippen molar-refractivity contribution >= 4 is 107 Å². The topological polar surface area (TPSA) is 547 Å². The molecule has 520 valence electrons. The largest absolute Gasteiger partial charge is 0.481 e. The molecule has 0 aliphatic carbocycles. The van der Waals surface area contributed by atoms with Crippen LogP contribution in [0.15, 0.2) is 25.0 Å². The molecule has 2 aromatic rings. The molecule has 0 saturated carbocycles. The van der Waals surface area contributed by atoms with Crippen molar-refractivity contribution in [2.24, 2.45) is 40.9 Å². The summed E-state index contributed by atoms with van der Waals surface area (Å²) in [4.78, 5) is 201. The number of hydrogen-bond donors (Lipinski definition) is 19. The molecule has 21 N–H and O–H groups in total. The van der Waals surface area contributed by atoms with Crippen molar-refractivity contribution in [3.63, 3.8) is 0 Å². The first-order valence-corrected chi connectivity index (χ1v) is 32.3. The first-order chi connectivity index (χ1) is 43.8. The maximum absolute atomic E-state index is 14.3. The predicted octanol–water partition coefficient (Wildman–Crippen LogP) is -4.53. The Morgan fingerprint density at radius 3 is 1.42 bits per heavy atom. The number of aromatic nitrogens is 4. The zero-order valence-corrected chi connectivity index (χ0v) is 55.5. The van der Waals surface area contributed by atoms with Crippen molar-refractivity contribution in [3.05, 3.63) is 36.4 Å². The number of thioether (sulfide) groups is 1. The summed E-state index contributed by atoms with van der Waals surface area (Å²) in [6.45, 7) is 12.2. The van der Waals surface area contributed by atoms with Gasteiger partial charge < -0.3 is 95.9 Å². The summed E-state index contributed by atoms with van der Waals surface area (Å²) in [7, 11) is 0. The van der Waals surface area contributed by atoms with Crippen LogP contribution in [0.3, 0.4) is 0 Å². The minimum absolute atomic E-state index is 0.152. The van der Waals surface area contributed by atoms with Crippen molar-refractivity contribution in [1.82, 2.24) is 78.4 Å². The number of nitrogens with one attached hydrogen (secondary N) is 13. The van der Waals surface area contributed by atoms with Gasteiger partial charge in [-0.2, -0.15) is 24.4 Å². The van der Waals surface area contributed by atoms with Gasteiger partial charge in [-0.25, -0.2) is 14.8 Å². The van der Waals surface area contributed by atoms with Gasteiger partial charge >= 0.3 is 11.9 Å². The third kappa shape index (κ3) is 28.6. The van der Waals surface area contributed by atoms with Crippen molar-refractivity contribution in [3.8, 4) is 0 Å². The third-order valence-corrected chi connectivity index (χ3v) is 15.6. The molecular formula is C57H94N18O16S2. The lowest BCUT2D eigenvalue weighted by Gasteiger charge is -2.31. The minimum Gasteiger partial charge on any atom is -0.481 e. The number of carbonyl (C=O) groups excluding carboxylic acids is 12. The van der Waals surface area contributed by atoms with Crippen LogP contribution in [0.1, 0.15) is 112 Å². The molecule has 2 heterocycles. The fourth-order valence-electron chi connectivity index (χ4n) is 8.95. The summed E-state index contributed by atoms with van der Waals surface area (Å²) < 4.78 is 0. The van der Waals surface area contributed by atoms with Crippen LogP contribution in [-0.4, -0.2) is 210 Å².